The fraction of sp³-hybridized carbons (Fsp3) is 0.188. The van der Waals surface area contributed by atoms with E-state index in [0.717, 1.165) is 22.4 Å². The van der Waals surface area contributed by atoms with Crippen LogP contribution in [0.25, 0.3) is 0 Å². The molecule has 0 unspecified atom stereocenters. The number of carbonyl (C=O) groups excluding carboxylic acids is 1. The predicted octanol–water partition coefficient (Wildman–Crippen LogP) is 3.59. The van der Waals surface area contributed by atoms with Crippen LogP contribution in [-0.2, 0) is 11.4 Å². The number of hydrogen-bond donors (Lipinski definition) is 1. The molecular formula is C16H16FNO2. The van der Waals surface area contributed by atoms with Gasteiger partial charge in [0.15, 0.2) is 0 Å². The predicted molar refractivity (Wildman–Crippen MR) is 76.3 cm³/mol. The Bertz CT molecular complexity index is 603. The van der Waals surface area contributed by atoms with Crippen molar-refractivity contribution in [3.8, 4) is 5.75 Å². The van der Waals surface area contributed by atoms with Gasteiger partial charge in [0.1, 0.15) is 18.2 Å². The second-order valence-electron chi connectivity index (χ2n) is 4.61. The second-order valence-corrected chi connectivity index (χ2v) is 4.61. The molecule has 2 rings (SSSR count). The lowest BCUT2D eigenvalue weighted by molar-refractivity contribution is -0.105. The number of ether oxygens (including phenoxy) is 1. The van der Waals surface area contributed by atoms with Crippen molar-refractivity contribution in [1.29, 1.82) is 0 Å². The maximum atomic E-state index is 13.1. The van der Waals surface area contributed by atoms with Crippen LogP contribution in [0.3, 0.4) is 0 Å². The van der Waals surface area contributed by atoms with Crippen molar-refractivity contribution in [3.05, 3.63) is 58.9 Å². The highest BCUT2D eigenvalue weighted by atomic mass is 19.1. The van der Waals surface area contributed by atoms with Gasteiger partial charge in [0.05, 0.1) is 0 Å². The molecular weight excluding hydrogens is 257 g/mol. The Morgan fingerprint density at radius 3 is 2.50 bits per heavy atom. The van der Waals surface area contributed by atoms with Gasteiger partial charge < -0.3 is 10.1 Å². The molecule has 0 spiro atoms. The molecule has 20 heavy (non-hydrogen) atoms. The third kappa shape index (κ3) is 3.35. The average Bonchev–Trinajstić information content (AvgIpc) is 2.41. The van der Waals surface area contributed by atoms with Crippen LogP contribution >= 0.6 is 0 Å². The van der Waals surface area contributed by atoms with Crippen molar-refractivity contribution in [1.82, 2.24) is 0 Å². The molecule has 0 atom stereocenters. The van der Waals surface area contributed by atoms with Crippen LogP contribution in [0.2, 0.25) is 0 Å². The van der Waals surface area contributed by atoms with Crippen LogP contribution in [0.4, 0.5) is 10.1 Å². The summed E-state index contributed by atoms with van der Waals surface area (Å²) in [6.07, 6.45) is 0.655. The summed E-state index contributed by atoms with van der Waals surface area (Å²) in [5.41, 5.74) is 3.41. The van der Waals surface area contributed by atoms with Crippen LogP contribution in [-0.4, -0.2) is 6.41 Å². The SMILES string of the molecule is Cc1cc(OCc2cccc(F)c2)cc(C)c1NC=O. The summed E-state index contributed by atoms with van der Waals surface area (Å²) < 4.78 is 18.7. The second kappa shape index (κ2) is 6.19. The van der Waals surface area contributed by atoms with E-state index in [-0.39, 0.29) is 5.82 Å². The van der Waals surface area contributed by atoms with Gasteiger partial charge in [0.25, 0.3) is 0 Å². The summed E-state index contributed by atoms with van der Waals surface area (Å²) in [4.78, 5) is 10.5. The van der Waals surface area contributed by atoms with Crippen molar-refractivity contribution in [3.63, 3.8) is 0 Å². The summed E-state index contributed by atoms with van der Waals surface area (Å²) in [5, 5.41) is 2.67. The molecule has 0 fully saturated rings. The Labute approximate surface area is 117 Å². The minimum atomic E-state index is -0.274. The minimum Gasteiger partial charge on any atom is -0.489 e. The van der Waals surface area contributed by atoms with Crippen LogP contribution in [0.5, 0.6) is 5.75 Å². The third-order valence-electron chi connectivity index (χ3n) is 3.00. The first-order chi connectivity index (χ1) is 9.60. The number of halogens is 1. The number of aryl methyl sites for hydroxylation is 2. The van der Waals surface area contributed by atoms with Crippen molar-refractivity contribution >= 4 is 12.1 Å². The van der Waals surface area contributed by atoms with Gasteiger partial charge in [0.2, 0.25) is 6.41 Å². The highest BCUT2D eigenvalue weighted by molar-refractivity contribution is 5.76. The smallest absolute Gasteiger partial charge is 0.211 e. The molecule has 0 aliphatic rings. The molecule has 1 N–H and O–H groups in total. The lowest BCUT2D eigenvalue weighted by Crippen LogP contribution is -2.01. The van der Waals surface area contributed by atoms with Crippen LogP contribution in [0, 0.1) is 19.7 Å². The highest BCUT2D eigenvalue weighted by Gasteiger charge is 2.05. The number of benzene rings is 2. The molecule has 0 heterocycles. The number of rotatable bonds is 5. The Morgan fingerprint density at radius 1 is 1.20 bits per heavy atom. The molecule has 3 nitrogen and oxygen atoms in total. The van der Waals surface area contributed by atoms with E-state index < -0.39 is 0 Å². The van der Waals surface area contributed by atoms with E-state index in [1.807, 2.05) is 32.0 Å². The lowest BCUT2D eigenvalue weighted by Gasteiger charge is -2.12. The van der Waals surface area contributed by atoms with E-state index in [4.69, 9.17) is 4.74 Å². The van der Waals surface area contributed by atoms with E-state index in [9.17, 15) is 9.18 Å². The molecule has 0 aliphatic heterocycles. The molecule has 2 aromatic carbocycles. The summed E-state index contributed by atoms with van der Waals surface area (Å²) >= 11 is 0. The third-order valence-corrected chi connectivity index (χ3v) is 3.00. The van der Waals surface area contributed by atoms with Gasteiger partial charge in [-0.2, -0.15) is 0 Å². The quantitative estimate of drug-likeness (QED) is 0.845. The van der Waals surface area contributed by atoms with Crippen molar-refractivity contribution in [2.24, 2.45) is 0 Å². The summed E-state index contributed by atoms with van der Waals surface area (Å²) in [7, 11) is 0. The van der Waals surface area contributed by atoms with Crippen LogP contribution in [0.15, 0.2) is 36.4 Å². The van der Waals surface area contributed by atoms with Gasteiger partial charge in [-0.3, -0.25) is 4.79 Å². The molecule has 0 saturated carbocycles. The molecule has 0 radical (unpaired) electrons. The summed E-state index contributed by atoms with van der Waals surface area (Å²) in [5.74, 6) is 0.421. The fourth-order valence-electron chi connectivity index (χ4n) is 2.09. The van der Waals surface area contributed by atoms with E-state index in [2.05, 4.69) is 5.32 Å². The molecule has 4 heteroatoms. The zero-order valence-corrected chi connectivity index (χ0v) is 11.4. The average molecular weight is 273 g/mol. The van der Waals surface area contributed by atoms with Crippen LogP contribution in [0.1, 0.15) is 16.7 Å². The number of carbonyl (C=O) groups is 1. The van der Waals surface area contributed by atoms with Gasteiger partial charge in [0, 0.05) is 5.69 Å². The standard InChI is InChI=1S/C16H16FNO2/c1-11-6-15(7-12(2)16(11)18-10-19)20-9-13-4-3-5-14(17)8-13/h3-8,10H,9H2,1-2H3,(H,18,19). The van der Waals surface area contributed by atoms with Gasteiger partial charge >= 0.3 is 0 Å². The molecule has 0 saturated heterocycles. The van der Waals surface area contributed by atoms with Gasteiger partial charge in [-0.1, -0.05) is 12.1 Å². The molecule has 104 valence electrons. The topological polar surface area (TPSA) is 38.3 Å². The first kappa shape index (κ1) is 14.1. The Hall–Kier alpha value is -2.36. The maximum absolute atomic E-state index is 13.1. The molecule has 1 amide bonds. The molecule has 0 aromatic heterocycles. The van der Waals surface area contributed by atoms with E-state index in [1.54, 1.807) is 6.07 Å². The van der Waals surface area contributed by atoms with Crippen molar-refractivity contribution in [2.45, 2.75) is 20.5 Å². The number of anilines is 1. The molecule has 2 aromatic rings. The van der Waals surface area contributed by atoms with Gasteiger partial charge in [-0.25, -0.2) is 4.39 Å². The maximum Gasteiger partial charge on any atom is 0.211 e. The monoisotopic (exact) mass is 273 g/mol. The molecule has 0 bridgehead atoms. The van der Waals surface area contributed by atoms with Crippen molar-refractivity contribution < 1.29 is 13.9 Å². The first-order valence-corrected chi connectivity index (χ1v) is 6.29. The molecule has 0 aliphatic carbocycles. The largest absolute Gasteiger partial charge is 0.489 e. The zero-order chi connectivity index (χ0) is 14.5. The highest BCUT2D eigenvalue weighted by Crippen LogP contribution is 2.26. The number of hydrogen-bond acceptors (Lipinski definition) is 2. The van der Waals surface area contributed by atoms with E-state index in [1.165, 1.54) is 12.1 Å². The van der Waals surface area contributed by atoms with Crippen molar-refractivity contribution in [2.75, 3.05) is 5.32 Å². The van der Waals surface area contributed by atoms with Gasteiger partial charge in [-0.05, 0) is 54.8 Å². The van der Waals surface area contributed by atoms with Gasteiger partial charge in [-0.15, -0.1) is 0 Å². The van der Waals surface area contributed by atoms with Crippen LogP contribution < -0.4 is 10.1 Å². The Balaban J connectivity index is 2.12. The summed E-state index contributed by atoms with van der Waals surface area (Å²) in [6, 6.07) is 10.0. The lowest BCUT2D eigenvalue weighted by atomic mass is 10.1. The first-order valence-electron chi connectivity index (χ1n) is 6.29. The fourth-order valence-corrected chi connectivity index (χ4v) is 2.09. The normalized spacial score (nSPS) is 10.2. The number of amides is 1. The Kier molecular flexibility index (Phi) is 4.35. The Morgan fingerprint density at radius 2 is 1.90 bits per heavy atom. The zero-order valence-electron chi connectivity index (χ0n) is 11.4. The minimum absolute atomic E-state index is 0.274. The number of nitrogens with one attached hydrogen (secondary N) is 1. The van der Waals surface area contributed by atoms with E-state index >= 15 is 0 Å². The summed E-state index contributed by atoms with van der Waals surface area (Å²) in [6.45, 7) is 4.10. The van der Waals surface area contributed by atoms with E-state index in [0.29, 0.717) is 18.8 Å².